The maximum atomic E-state index is 11.0. The van der Waals surface area contributed by atoms with Gasteiger partial charge in [0.2, 0.25) is 0 Å². The zero-order valence-corrected chi connectivity index (χ0v) is 9.28. The fraction of sp³-hybridized carbons (Fsp3) is 0.600. The highest BCUT2D eigenvalue weighted by Crippen LogP contribution is 2.39. The number of nitrogens with two attached hydrogens (primary N) is 1. The van der Waals surface area contributed by atoms with E-state index in [1.54, 1.807) is 0 Å². The monoisotopic (exact) mass is 210 g/mol. The maximum Gasteiger partial charge on any atom is 0.277 e. The van der Waals surface area contributed by atoms with Crippen molar-refractivity contribution in [1.29, 1.82) is 0 Å². The Balaban J connectivity index is 2.49. The predicted octanol–water partition coefficient (Wildman–Crippen LogP) is 1.86. The molecule has 2 N–H and O–H groups in total. The quantitative estimate of drug-likeness (QED) is 0.769. The van der Waals surface area contributed by atoms with Gasteiger partial charge in [0.05, 0.1) is 5.69 Å². The molecule has 0 saturated carbocycles. The molecule has 1 heterocycles. The summed E-state index contributed by atoms with van der Waals surface area (Å²) in [5.74, 6) is -0.403. The second-order valence-electron chi connectivity index (χ2n) is 4.40. The summed E-state index contributed by atoms with van der Waals surface area (Å²) in [5.41, 5.74) is 6.47. The van der Waals surface area contributed by atoms with E-state index in [1.165, 1.54) is 22.6 Å². The van der Waals surface area contributed by atoms with Crippen molar-refractivity contribution in [2.24, 2.45) is 5.73 Å². The van der Waals surface area contributed by atoms with E-state index < -0.39 is 5.91 Å². The minimum absolute atomic E-state index is 0.166. The maximum absolute atomic E-state index is 11.0. The van der Waals surface area contributed by atoms with Crippen LogP contribution in [-0.2, 0) is 11.8 Å². The van der Waals surface area contributed by atoms with Crippen molar-refractivity contribution >= 4 is 17.2 Å². The van der Waals surface area contributed by atoms with Gasteiger partial charge in [-0.1, -0.05) is 13.8 Å². The molecule has 0 aliphatic heterocycles. The highest BCUT2D eigenvalue weighted by atomic mass is 32.1. The third-order valence-corrected chi connectivity index (χ3v) is 4.22. The van der Waals surface area contributed by atoms with E-state index in [9.17, 15) is 4.79 Å². The molecule has 0 spiro atoms. The predicted molar refractivity (Wildman–Crippen MR) is 56.6 cm³/mol. The molecule has 3 nitrogen and oxygen atoms in total. The van der Waals surface area contributed by atoms with Crippen molar-refractivity contribution in [2.75, 3.05) is 0 Å². The highest BCUT2D eigenvalue weighted by molar-refractivity contribution is 7.13. The third kappa shape index (κ3) is 1.43. The van der Waals surface area contributed by atoms with Crippen LogP contribution in [0.3, 0.4) is 0 Å². The Morgan fingerprint density at radius 3 is 2.86 bits per heavy atom. The summed E-state index contributed by atoms with van der Waals surface area (Å²) in [6.45, 7) is 4.40. The van der Waals surface area contributed by atoms with Crippen LogP contribution in [0.5, 0.6) is 0 Å². The van der Waals surface area contributed by atoms with E-state index in [0.717, 1.165) is 18.5 Å². The van der Waals surface area contributed by atoms with E-state index in [0.29, 0.717) is 5.01 Å². The number of amides is 1. The summed E-state index contributed by atoms with van der Waals surface area (Å²) >= 11 is 1.46. The number of hydrogen-bond donors (Lipinski definition) is 1. The van der Waals surface area contributed by atoms with E-state index >= 15 is 0 Å². The Morgan fingerprint density at radius 1 is 1.57 bits per heavy atom. The molecule has 4 heteroatoms. The van der Waals surface area contributed by atoms with Gasteiger partial charge in [0.15, 0.2) is 5.01 Å². The van der Waals surface area contributed by atoms with Gasteiger partial charge < -0.3 is 5.73 Å². The van der Waals surface area contributed by atoms with Crippen LogP contribution in [-0.4, -0.2) is 10.9 Å². The molecule has 2 rings (SSSR count). The lowest BCUT2D eigenvalue weighted by molar-refractivity contribution is 0.0999. The van der Waals surface area contributed by atoms with E-state index in [-0.39, 0.29) is 5.41 Å². The van der Waals surface area contributed by atoms with Crippen LogP contribution in [0.25, 0.3) is 0 Å². The van der Waals surface area contributed by atoms with Crippen LogP contribution in [0.1, 0.15) is 47.1 Å². The molecule has 0 radical (unpaired) electrons. The van der Waals surface area contributed by atoms with Gasteiger partial charge in [0.1, 0.15) is 0 Å². The van der Waals surface area contributed by atoms with Gasteiger partial charge in [-0.2, -0.15) is 0 Å². The van der Waals surface area contributed by atoms with Crippen molar-refractivity contribution in [2.45, 2.75) is 38.5 Å². The molecular formula is C10H14N2OS. The number of aryl methyl sites for hydroxylation is 1. The number of aromatic nitrogens is 1. The Hall–Kier alpha value is -0.900. The lowest BCUT2D eigenvalue weighted by atomic mass is 9.80. The van der Waals surface area contributed by atoms with Crippen LogP contribution < -0.4 is 5.73 Å². The summed E-state index contributed by atoms with van der Waals surface area (Å²) in [6, 6.07) is 0. The first-order valence-electron chi connectivity index (χ1n) is 4.81. The molecule has 0 bridgehead atoms. The number of rotatable bonds is 1. The standard InChI is InChI=1S/C10H14N2OS/c1-10(2)5-3-4-6-7(10)14-9(12-6)8(11)13/h3-5H2,1-2H3,(H2,11,13). The van der Waals surface area contributed by atoms with Crippen LogP contribution in [0, 0.1) is 0 Å². The van der Waals surface area contributed by atoms with Crippen molar-refractivity contribution < 1.29 is 4.79 Å². The van der Waals surface area contributed by atoms with Crippen LogP contribution in [0.15, 0.2) is 0 Å². The SMILES string of the molecule is CC1(C)CCCc2nc(C(N)=O)sc21. The van der Waals surface area contributed by atoms with Crippen molar-refractivity contribution in [3.63, 3.8) is 0 Å². The molecule has 14 heavy (non-hydrogen) atoms. The summed E-state index contributed by atoms with van der Waals surface area (Å²) in [5, 5.41) is 0.463. The molecule has 0 atom stereocenters. The molecule has 0 fully saturated rings. The number of thiazole rings is 1. The average molecular weight is 210 g/mol. The number of nitrogens with zero attached hydrogens (tertiary/aromatic N) is 1. The zero-order chi connectivity index (χ0) is 10.3. The van der Waals surface area contributed by atoms with Crippen molar-refractivity contribution in [1.82, 2.24) is 4.98 Å². The molecular weight excluding hydrogens is 196 g/mol. The number of carbonyl (C=O) groups is 1. The summed E-state index contributed by atoms with van der Waals surface area (Å²) in [6.07, 6.45) is 3.31. The molecule has 1 aliphatic carbocycles. The first-order chi connectivity index (χ1) is 6.50. The normalized spacial score (nSPS) is 19.0. The molecule has 1 amide bonds. The molecule has 1 aliphatic rings. The number of primary amides is 1. The fourth-order valence-electron chi connectivity index (χ4n) is 1.97. The first-order valence-corrected chi connectivity index (χ1v) is 5.62. The van der Waals surface area contributed by atoms with E-state index in [4.69, 9.17) is 5.73 Å². The smallest absolute Gasteiger partial charge is 0.277 e. The van der Waals surface area contributed by atoms with Crippen LogP contribution in [0.4, 0.5) is 0 Å². The lowest BCUT2D eigenvalue weighted by Crippen LogP contribution is -2.21. The average Bonchev–Trinajstić information content (AvgIpc) is 2.48. The first kappa shape index (κ1) is 9.65. The Labute approximate surface area is 87.3 Å². The topological polar surface area (TPSA) is 56.0 Å². The van der Waals surface area contributed by atoms with E-state index in [2.05, 4.69) is 18.8 Å². The van der Waals surface area contributed by atoms with E-state index in [1.807, 2.05) is 0 Å². The van der Waals surface area contributed by atoms with Gasteiger partial charge in [-0.15, -0.1) is 11.3 Å². The fourth-order valence-corrected chi connectivity index (χ4v) is 3.06. The van der Waals surface area contributed by atoms with Crippen LogP contribution in [0.2, 0.25) is 0 Å². The lowest BCUT2D eigenvalue weighted by Gasteiger charge is -2.28. The molecule has 1 aromatic heterocycles. The number of carbonyl (C=O) groups excluding carboxylic acids is 1. The van der Waals surface area contributed by atoms with Crippen LogP contribution >= 0.6 is 11.3 Å². The summed E-state index contributed by atoms with van der Waals surface area (Å²) < 4.78 is 0. The summed E-state index contributed by atoms with van der Waals surface area (Å²) in [4.78, 5) is 16.5. The summed E-state index contributed by atoms with van der Waals surface area (Å²) in [7, 11) is 0. The Morgan fingerprint density at radius 2 is 2.29 bits per heavy atom. The second-order valence-corrected chi connectivity index (χ2v) is 5.40. The molecule has 76 valence electrons. The van der Waals surface area contributed by atoms with Gasteiger partial charge in [0, 0.05) is 10.3 Å². The Kier molecular flexibility index (Phi) is 2.10. The van der Waals surface area contributed by atoms with Gasteiger partial charge >= 0.3 is 0 Å². The van der Waals surface area contributed by atoms with Gasteiger partial charge in [-0.05, 0) is 19.3 Å². The molecule has 1 aromatic rings. The number of hydrogen-bond acceptors (Lipinski definition) is 3. The van der Waals surface area contributed by atoms with Gasteiger partial charge in [-0.3, -0.25) is 4.79 Å². The minimum atomic E-state index is -0.403. The second kappa shape index (κ2) is 3.05. The molecule has 0 aromatic carbocycles. The minimum Gasteiger partial charge on any atom is -0.364 e. The van der Waals surface area contributed by atoms with Gasteiger partial charge in [-0.25, -0.2) is 4.98 Å². The highest BCUT2D eigenvalue weighted by Gasteiger charge is 2.31. The Bertz CT molecular complexity index is 381. The largest absolute Gasteiger partial charge is 0.364 e. The molecule has 0 unspecified atom stereocenters. The number of fused-ring (bicyclic) bond motifs is 1. The van der Waals surface area contributed by atoms with Crippen molar-refractivity contribution in [3.05, 3.63) is 15.6 Å². The van der Waals surface area contributed by atoms with Crippen molar-refractivity contribution in [3.8, 4) is 0 Å². The van der Waals surface area contributed by atoms with Gasteiger partial charge in [0.25, 0.3) is 5.91 Å². The third-order valence-electron chi connectivity index (χ3n) is 2.74. The zero-order valence-electron chi connectivity index (χ0n) is 8.46. The molecule has 0 saturated heterocycles.